The van der Waals surface area contributed by atoms with Crippen LogP contribution in [0.15, 0.2) is 60.9 Å². The van der Waals surface area contributed by atoms with Gasteiger partial charge in [-0.3, -0.25) is 4.79 Å². The second-order valence-corrected chi connectivity index (χ2v) is 7.04. The van der Waals surface area contributed by atoms with Gasteiger partial charge in [0.15, 0.2) is 0 Å². The van der Waals surface area contributed by atoms with Crippen LogP contribution in [0, 0.1) is 12.7 Å². The number of aromatic nitrogens is 2. The molecule has 1 aliphatic heterocycles. The van der Waals surface area contributed by atoms with E-state index in [0.29, 0.717) is 37.7 Å². The molecule has 0 unspecified atom stereocenters. The summed E-state index contributed by atoms with van der Waals surface area (Å²) in [4.78, 5) is 25.2. The molecule has 1 aromatic heterocycles. The van der Waals surface area contributed by atoms with Crippen molar-refractivity contribution in [1.82, 2.24) is 14.9 Å². The van der Waals surface area contributed by atoms with Gasteiger partial charge in [0.1, 0.15) is 5.82 Å². The topological polar surface area (TPSA) is 61.4 Å². The average Bonchev–Trinajstić information content (AvgIpc) is 2.76. The number of benzene rings is 2. The third-order valence-corrected chi connectivity index (χ3v) is 4.97. The van der Waals surface area contributed by atoms with Gasteiger partial charge >= 0.3 is 0 Å². The third kappa shape index (κ3) is 4.51. The summed E-state index contributed by atoms with van der Waals surface area (Å²) in [5.41, 5.74) is 3.51. The molecule has 0 atom stereocenters. The number of carbonyl (C=O) groups is 1. The van der Waals surface area contributed by atoms with E-state index in [9.17, 15) is 9.18 Å². The number of anilines is 3. The average molecular weight is 391 g/mol. The summed E-state index contributed by atoms with van der Waals surface area (Å²) in [7, 11) is 0. The Bertz CT molecular complexity index is 966. The number of aryl methyl sites for hydroxylation is 1. The Morgan fingerprint density at radius 2 is 1.55 bits per heavy atom. The Kier molecular flexibility index (Phi) is 5.37. The minimum atomic E-state index is -0.247. The third-order valence-electron chi connectivity index (χ3n) is 4.97. The first-order valence-electron chi connectivity index (χ1n) is 9.54. The molecule has 6 nitrogen and oxygen atoms in total. The highest BCUT2D eigenvalue weighted by atomic mass is 19.1. The predicted octanol–water partition coefficient (Wildman–Crippen LogP) is 3.63. The highest BCUT2D eigenvalue weighted by Gasteiger charge is 2.23. The number of rotatable bonds is 4. The van der Waals surface area contributed by atoms with Gasteiger partial charge in [0.25, 0.3) is 5.91 Å². The lowest BCUT2D eigenvalue weighted by molar-refractivity contribution is 0.0746. The summed E-state index contributed by atoms with van der Waals surface area (Å²) >= 11 is 0. The number of hydrogen-bond donors (Lipinski definition) is 1. The van der Waals surface area contributed by atoms with Crippen LogP contribution in [-0.2, 0) is 0 Å². The number of halogens is 1. The van der Waals surface area contributed by atoms with Gasteiger partial charge in [-0.2, -0.15) is 0 Å². The largest absolute Gasteiger partial charge is 0.368 e. The maximum Gasteiger partial charge on any atom is 0.257 e. The Hall–Kier alpha value is -3.48. The van der Waals surface area contributed by atoms with Crippen molar-refractivity contribution < 1.29 is 9.18 Å². The maximum absolute atomic E-state index is 13.1. The zero-order chi connectivity index (χ0) is 20.2. The van der Waals surface area contributed by atoms with Crippen molar-refractivity contribution in [2.24, 2.45) is 0 Å². The zero-order valence-electron chi connectivity index (χ0n) is 16.2. The Morgan fingerprint density at radius 3 is 2.17 bits per heavy atom. The van der Waals surface area contributed by atoms with Crippen LogP contribution in [0.3, 0.4) is 0 Å². The van der Waals surface area contributed by atoms with E-state index in [2.05, 4.69) is 20.2 Å². The Balaban J connectivity index is 1.35. The number of nitrogens with zero attached hydrogens (tertiary/aromatic N) is 4. The molecule has 2 heterocycles. The molecule has 1 fully saturated rings. The summed E-state index contributed by atoms with van der Waals surface area (Å²) in [5.74, 6) is 0.125. The van der Waals surface area contributed by atoms with Crippen molar-refractivity contribution in [1.29, 1.82) is 0 Å². The molecule has 29 heavy (non-hydrogen) atoms. The Morgan fingerprint density at radius 1 is 0.931 bits per heavy atom. The molecule has 0 saturated carbocycles. The molecule has 1 saturated heterocycles. The minimum Gasteiger partial charge on any atom is -0.368 e. The SMILES string of the molecule is Cc1ccc(Nc2ncc(C(=O)N3CCN(c4ccc(F)cc4)CC3)cn2)cc1. The van der Waals surface area contributed by atoms with Crippen molar-refractivity contribution in [3.8, 4) is 0 Å². The first-order chi connectivity index (χ1) is 14.1. The van der Waals surface area contributed by atoms with E-state index >= 15 is 0 Å². The molecule has 4 rings (SSSR count). The van der Waals surface area contributed by atoms with E-state index in [1.807, 2.05) is 31.2 Å². The lowest BCUT2D eigenvalue weighted by atomic mass is 10.2. The van der Waals surface area contributed by atoms with Gasteiger partial charge in [0.2, 0.25) is 5.95 Å². The van der Waals surface area contributed by atoms with Gasteiger partial charge in [-0.05, 0) is 43.3 Å². The molecule has 1 amide bonds. The fraction of sp³-hybridized carbons (Fsp3) is 0.227. The summed E-state index contributed by atoms with van der Waals surface area (Å²) in [6.45, 7) is 4.62. The van der Waals surface area contributed by atoms with Crippen LogP contribution < -0.4 is 10.2 Å². The fourth-order valence-electron chi connectivity index (χ4n) is 3.27. The van der Waals surface area contributed by atoms with Crippen LogP contribution in [0.2, 0.25) is 0 Å². The van der Waals surface area contributed by atoms with Crippen LogP contribution >= 0.6 is 0 Å². The van der Waals surface area contributed by atoms with Crippen LogP contribution in [-0.4, -0.2) is 47.0 Å². The number of nitrogens with one attached hydrogen (secondary N) is 1. The lowest BCUT2D eigenvalue weighted by Crippen LogP contribution is -2.48. The smallest absolute Gasteiger partial charge is 0.257 e. The van der Waals surface area contributed by atoms with Crippen LogP contribution in [0.1, 0.15) is 15.9 Å². The number of hydrogen-bond acceptors (Lipinski definition) is 5. The second kappa shape index (κ2) is 8.26. The summed E-state index contributed by atoms with van der Waals surface area (Å²) < 4.78 is 13.1. The van der Waals surface area contributed by atoms with Crippen LogP contribution in [0.4, 0.5) is 21.7 Å². The molecular formula is C22H22FN5O. The monoisotopic (exact) mass is 391 g/mol. The number of amides is 1. The van der Waals surface area contributed by atoms with E-state index in [4.69, 9.17) is 0 Å². The van der Waals surface area contributed by atoms with Gasteiger partial charge in [-0.1, -0.05) is 17.7 Å². The molecule has 0 bridgehead atoms. The van der Waals surface area contributed by atoms with Crippen molar-refractivity contribution in [2.45, 2.75) is 6.92 Å². The van der Waals surface area contributed by atoms with Gasteiger partial charge in [0, 0.05) is 49.9 Å². The van der Waals surface area contributed by atoms with E-state index in [-0.39, 0.29) is 11.7 Å². The molecule has 0 aliphatic carbocycles. The van der Waals surface area contributed by atoms with E-state index in [1.54, 1.807) is 29.4 Å². The number of piperazine rings is 1. The predicted molar refractivity (Wildman–Crippen MR) is 111 cm³/mol. The van der Waals surface area contributed by atoms with Crippen molar-refractivity contribution in [2.75, 3.05) is 36.4 Å². The van der Waals surface area contributed by atoms with E-state index in [1.165, 1.54) is 17.7 Å². The highest BCUT2D eigenvalue weighted by molar-refractivity contribution is 5.94. The molecule has 1 aliphatic rings. The molecule has 1 N–H and O–H groups in total. The molecule has 148 valence electrons. The van der Waals surface area contributed by atoms with Gasteiger partial charge in [-0.15, -0.1) is 0 Å². The van der Waals surface area contributed by atoms with Crippen LogP contribution in [0.25, 0.3) is 0 Å². The molecule has 2 aromatic carbocycles. The normalized spacial score (nSPS) is 14.0. The quantitative estimate of drug-likeness (QED) is 0.736. The molecule has 0 spiro atoms. The maximum atomic E-state index is 13.1. The zero-order valence-corrected chi connectivity index (χ0v) is 16.2. The van der Waals surface area contributed by atoms with Crippen molar-refractivity contribution >= 4 is 23.2 Å². The van der Waals surface area contributed by atoms with Gasteiger partial charge in [-0.25, -0.2) is 14.4 Å². The Labute approximate surface area is 169 Å². The fourth-order valence-corrected chi connectivity index (χ4v) is 3.27. The molecule has 7 heteroatoms. The second-order valence-electron chi connectivity index (χ2n) is 7.04. The van der Waals surface area contributed by atoms with Gasteiger partial charge < -0.3 is 15.1 Å². The first kappa shape index (κ1) is 18.9. The summed E-state index contributed by atoms with van der Waals surface area (Å²) in [6.07, 6.45) is 3.11. The standard InChI is InChI=1S/C22H22FN5O/c1-16-2-6-19(7-3-16)26-22-24-14-17(15-25-22)21(29)28-12-10-27(11-13-28)20-8-4-18(23)5-9-20/h2-9,14-15H,10-13H2,1H3,(H,24,25,26). The first-order valence-corrected chi connectivity index (χ1v) is 9.54. The van der Waals surface area contributed by atoms with E-state index < -0.39 is 0 Å². The molecule has 0 radical (unpaired) electrons. The molecule has 3 aromatic rings. The van der Waals surface area contributed by atoms with Crippen LogP contribution in [0.5, 0.6) is 0 Å². The van der Waals surface area contributed by atoms with Crippen molar-refractivity contribution in [3.63, 3.8) is 0 Å². The number of carbonyl (C=O) groups excluding carboxylic acids is 1. The summed E-state index contributed by atoms with van der Waals surface area (Å²) in [5, 5.41) is 3.12. The van der Waals surface area contributed by atoms with E-state index in [0.717, 1.165) is 11.4 Å². The van der Waals surface area contributed by atoms with Crippen molar-refractivity contribution in [3.05, 3.63) is 77.9 Å². The molecular weight excluding hydrogens is 369 g/mol. The lowest BCUT2D eigenvalue weighted by Gasteiger charge is -2.36. The minimum absolute atomic E-state index is 0.0781. The highest BCUT2D eigenvalue weighted by Crippen LogP contribution is 2.18. The van der Waals surface area contributed by atoms with Gasteiger partial charge in [0.05, 0.1) is 5.56 Å². The summed E-state index contributed by atoms with van der Waals surface area (Å²) in [6, 6.07) is 14.4.